The van der Waals surface area contributed by atoms with Gasteiger partial charge in [-0.1, -0.05) is 30.3 Å². The summed E-state index contributed by atoms with van der Waals surface area (Å²) in [5, 5.41) is 0. The molecule has 3 heterocycles. The molecule has 3 fully saturated rings. The van der Waals surface area contributed by atoms with E-state index in [1.54, 1.807) is 0 Å². The Labute approximate surface area is 143 Å². The third-order valence-electron chi connectivity index (χ3n) is 5.74. The van der Waals surface area contributed by atoms with Gasteiger partial charge in [0.25, 0.3) is 0 Å². The summed E-state index contributed by atoms with van der Waals surface area (Å²) < 4.78 is 11.0. The van der Waals surface area contributed by atoms with E-state index in [0.29, 0.717) is 12.6 Å². The van der Waals surface area contributed by atoms with E-state index in [0.717, 1.165) is 64.1 Å². The minimum atomic E-state index is -0.150. The number of benzene rings is 1. The standard InChI is InChI=1S/C19H26N2O3/c22-18(24-12-16-6-2-1-3-7-16)21-11-5-9-19(21)8-4-10-20(15-19)17-13-23-14-17/h1-3,6-7,17H,4-5,8-15H2/t19-/m0/s1. The summed E-state index contributed by atoms with van der Waals surface area (Å²) in [5.74, 6) is 0. The van der Waals surface area contributed by atoms with Crippen molar-refractivity contribution in [2.75, 3.05) is 32.8 Å². The molecule has 1 aromatic carbocycles. The highest BCUT2D eigenvalue weighted by Gasteiger charge is 2.48. The second-order valence-electron chi connectivity index (χ2n) is 7.29. The van der Waals surface area contributed by atoms with Gasteiger partial charge < -0.3 is 14.4 Å². The molecule has 3 saturated heterocycles. The first-order valence-corrected chi connectivity index (χ1v) is 9.07. The van der Waals surface area contributed by atoms with Crippen LogP contribution in [0.3, 0.4) is 0 Å². The monoisotopic (exact) mass is 330 g/mol. The Kier molecular flexibility index (Phi) is 4.46. The molecule has 0 aliphatic carbocycles. The van der Waals surface area contributed by atoms with Crippen LogP contribution < -0.4 is 0 Å². The van der Waals surface area contributed by atoms with Gasteiger partial charge in [-0.2, -0.15) is 0 Å². The van der Waals surface area contributed by atoms with E-state index in [9.17, 15) is 4.79 Å². The first-order chi connectivity index (χ1) is 11.8. The third-order valence-corrected chi connectivity index (χ3v) is 5.74. The van der Waals surface area contributed by atoms with Gasteiger partial charge in [-0.05, 0) is 37.8 Å². The Bertz CT molecular complexity index is 575. The summed E-state index contributed by atoms with van der Waals surface area (Å²) in [4.78, 5) is 17.3. The number of hydrogen-bond acceptors (Lipinski definition) is 4. The number of carbonyl (C=O) groups excluding carboxylic acids is 1. The number of carbonyl (C=O) groups is 1. The van der Waals surface area contributed by atoms with Crippen molar-refractivity contribution in [1.29, 1.82) is 0 Å². The molecule has 3 aliphatic rings. The Morgan fingerprint density at radius 1 is 1.17 bits per heavy atom. The molecule has 4 rings (SSSR count). The van der Waals surface area contributed by atoms with E-state index < -0.39 is 0 Å². The Morgan fingerprint density at radius 2 is 1.92 bits per heavy atom. The minimum absolute atomic E-state index is 0.0262. The van der Waals surface area contributed by atoms with E-state index >= 15 is 0 Å². The molecule has 130 valence electrons. The summed E-state index contributed by atoms with van der Waals surface area (Å²) in [5.41, 5.74) is 1.01. The van der Waals surface area contributed by atoms with Crippen molar-refractivity contribution in [2.24, 2.45) is 0 Å². The van der Waals surface area contributed by atoms with Crippen molar-refractivity contribution in [3.05, 3.63) is 35.9 Å². The molecule has 5 heteroatoms. The maximum absolute atomic E-state index is 12.7. The van der Waals surface area contributed by atoms with Crippen LogP contribution in [0, 0.1) is 0 Å². The zero-order valence-electron chi connectivity index (χ0n) is 14.2. The minimum Gasteiger partial charge on any atom is -0.445 e. The van der Waals surface area contributed by atoms with Gasteiger partial charge >= 0.3 is 6.09 Å². The molecule has 3 aliphatic heterocycles. The summed E-state index contributed by atoms with van der Waals surface area (Å²) in [6, 6.07) is 10.4. The summed E-state index contributed by atoms with van der Waals surface area (Å²) in [7, 11) is 0. The van der Waals surface area contributed by atoms with Crippen LogP contribution in [0.25, 0.3) is 0 Å². The smallest absolute Gasteiger partial charge is 0.410 e. The first-order valence-electron chi connectivity index (χ1n) is 9.07. The van der Waals surface area contributed by atoms with Crippen molar-refractivity contribution in [3.63, 3.8) is 0 Å². The normalized spacial score (nSPS) is 28.1. The fourth-order valence-corrected chi connectivity index (χ4v) is 4.34. The molecule has 0 saturated carbocycles. The van der Waals surface area contributed by atoms with Crippen LogP contribution in [0.5, 0.6) is 0 Å². The van der Waals surface area contributed by atoms with Gasteiger partial charge in [0, 0.05) is 13.1 Å². The zero-order valence-corrected chi connectivity index (χ0v) is 14.2. The molecule has 1 amide bonds. The number of nitrogens with zero attached hydrogens (tertiary/aromatic N) is 2. The number of amides is 1. The molecule has 24 heavy (non-hydrogen) atoms. The zero-order chi connectivity index (χ0) is 16.4. The van der Waals surface area contributed by atoms with Crippen LogP contribution in [0.4, 0.5) is 4.79 Å². The topological polar surface area (TPSA) is 42.0 Å². The van der Waals surface area contributed by atoms with E-state index in [4.69, 9.17) is 9.47 Å². The molecular weight excluding hydrogens is 304 g/mol. The average Bonchev–Trinajstić information content (AvgIpc) is 2.95. The molecular formula is C19H26N2O3. The highest BCUT2D eigenvalue weighted by molar-refractivity contribution is 5.69. The van der Waals surface area contributed by atoms with Crippen LogP contribution in [0.15, 0.2) is 30.3 Å². The number of hydrogen-bond donors (Lipinski definition) is 0. The second-order valence-corrected chi connectivity index (χ2v) is 7.29. The van der Waals surface area contributed by atoms with Crippen LogP contribution in [0.2, 0.25) is 0 Å². The van der Waals surface area contributed by atoms with Crippen LogP contribution in [0.1, 0.15) is 31.2 Å². The maximum Gasteiger partial charge on any atom is 0.410 e. The third kappa shape index (κ3) is 3.03. The lowest BCUT2D eigenvalue weighted by Gasteiger charge is -2.49. The summed E-state index contributed by atoms with van der Waals surface area (Å²) in [6.07, 6.45) is 4.27. The predicted octanol–water partition coefficient (Wildman–Crippen LogP) is 2.65. The molecule has 0 aromatic heterocycles. The number of piperidine rings is 1. The van der Waals surface area contributed by atoms with Gasteiger partial charge in [-0.15, -0.1) is 0 Å². The van der Waals surface area contributed by atoms with Crippen molar-refractivity contribution in [2.45, 2.75) is 43.9 Å². The lowest BCUT2D eigenvalue weighted by molar-refractivity contribution is -0.0900. The molecule has 1 atom stereocenters. The predicted molar refractivity (Wildman–Crippen MR) is 90.7 cm³/mol. The van der Waals surface area contributed by atoms with Crippen LogP contribution >= 0.6 is 0 Å². The quantitative estimate of drug-likeness (QED) is 0.854. The number of likely N-dealkylation sites (tertiary alicyclic amines) is 2. The number of rotatable bonds is 3. The lowest BCUT2D eigenvalue weighted by atomic mass is 9.85. The van der Waals surface area contributed by atoms with Crippen LogP contribution in [-0.4, -0.2) is 60.3 Å². The Hall–Kier alpha value is -1.59. The SMILES string of the molecule is O=C(OCc1ccccc1)N1CCC[C@]12CCCN(C1COC1)C2. The average molecular weight is 330 g/mol. The van der Waals surface area contributed by atoms with Crippen molar-refractivity contribution >= 4 is 6.09 Å². The number of ether oxygens (including phenoxy) is 2. The van der Waals surface area contributed by atoms with Crippen molar-refractivity contribution in [3.8, 4) is 0 Å². The second kappa shape index (κ2) is 6.73. The van der Waals surface area contributed by atoms with Gasteiger partial charge in [0.05, 0.1) is 24.8 Å². The Balaban J connectivity index is 1.40. The highest BCUT2D eigenvalue weighted by Crippen LogP contribution is 2.38. The molecule has 0 N–H and O–H groups in total. The highest BCUT2D eigenvalue weighted by atomic mass is 16.6. The van der Waals surface area contributed by atoms with E-state index in [1.165, 1.54) is 0 Å². The van der Waals surface area contributed by atoms with Gasteiger partial charge in [0.2, 0.25) is 0 Å². The summed E-state index contributed by atoms with van der Waals surface area (Å²) in [6.45, 7) is 4.96. The van der Waals surface area contributed by atoms with E-state index in [-0.39, 0.29) is 11.6 Å². The summed E-state index contributed by atoms with van der Waals surface area (Å²) >= 11 is 0. The van der Waals surface area contributed by atoms with Gasteiger partial charge in [0.1, 0.15) is 6.61 Å². The van der Waals surface area contributed by atoms with Crippen LogP contribution in [-0.2, 0) is 16.1 Å². The van der Waals surface area contributed by atoms with Gasteiger partial charge in [-0.25, -0.2) is 4.79 Å². The first kappa shape index (κ1) is 15.9. The maximum atomic E-state index is 12.7. The Morgan fingerprint density at radius 3 is 2.62 bits per heavy atom. The van der Waals surface area contributed by atoms with Crippen molar-refractivity contribution in [1.82, 2.24) is 9.80 Å². The molecule has 0 unspecified atom stereocenters. The van der Waals surface area contributed by atoms with Crippen molar-refractivity contribution < 1.29 is 14.3 Å². The molecule has 5 nitrogen and oxygen atoms in total. The van der Waals surface area contributed by atoms with E-state index in [2.05, 4.69) is 4.90 Å². The fourth-order valence-electron chi connectivity index (χ4n) is 4.34. The van der Waals surface area contributed by atoms with E-state index in [1.807, 2.05) is 35.2 Å². The lowest BCUT2D eigenvalue weighted by Crippen LogP contribution is -2.62. The largest absolute Gasteiger partial charge is 0.445 e. The molecule has 1 aromatic rings. The molecule has 1 spiro atoms. The molecule has 0 bridgehead atoms. The fraction of sp³-hybridized carbons (Fsp3) is 0.632. The van der Waals surface area contributed by atoms with Gasteiger partial charge in [0.15, 0.2) is 0 Å². The molecule has 0 radical (unpaired) electrons. The van der Waals surface area contributed by atoms with Gasteiger partial charge in [-0.3, -0.25) is 4.90 Å².